The van der Waals surface area contributed by atoms with Crippen LogP contribution in [-0.2, 0) is 0 Å². The highest BCUT2D eigenvalue weighted by Gasteiger charge is 2.07. The first-order valence-corrected chi connectivity index (χ1v) is 7.61. The Labute approximate surface area is 126 Å². The number of aromatic amines is 1. The zero-order chi connectivity index (χ0) is 15.1. The summed E-state index contributed by atoms with van der Waals surface area (Å²) in [6, 6.07) is 8.03. The molecule has 0 radical (unpaired) electrons. The van der Waals surface area contributed by atoms with Crippen molar-refractivity contribution in [3.8, 4) is 0 Å². The molecule has 0 unspecified atom stereocenters. The number of hydrogen-bond donors (Lipinski definition) is 2. The second-order valence-electron chi connectivity index (χ2n) is 5.33. The number of nitrogens with one attached hydrogen (secondary N) is 2. The van der Waals surface area contributed by atoms with Crippen molar-refractivity contribution in [2.45, 2.75) is 6.92 Å². The minimum absolute atomic E-state index is 0.0770. The number of benzene rings is 1. The first-order chi connectivity index (χ1) is 10.0. The second-order valence-corrected chi connectivity index (χ2v) is 6.38. The quantitative estimate of drug-likeness (QED) is 0.672. The fourth-order valence-corrected chi connectivity index (χ4v) is 3.63. The maximum absolute atomic E-state index is 12.6. The van der Waals surface area contributed by atoms with Crippen molar-refractivity contribution in [3.05, 3.63) is 55.3 Å². The molecule has 2 aliphatic rings. The average molecular weight is 300 g/mol. The van der Waals surface area contributed by atoms with Gasteiger partial charge in [-0.15, -0.1) is 11.3 Å². The predicted molar refractivity (Wildman–Crippen MR) is 89.1 cm³/mol. The van der Waals surface area contributed by atoms with Gasteiger partial charge in [0, 0.05) is 18.8 Å². The molecule has 1 aromatic carbocycles. The topological polar surface area (TPSA) is 47.9 Å². The highest BCUT2D eigenvalue weighted by molar-refractivity contribution is 7.16. The Morgan fingerprint density at radius 3 is 2.67 bits per heavy atom. The molecule has 1 aromatic rings. The zero-order valence-corrected chi connectivity index (χ0v) is 13.4. The molecule has 4 nitrogen and oxygen atoms in total. The van der Waals surface area contributed by atoms with Gasteiger partial charge in [0.25, 0.3) is 5.43 Å². The third-order valence-electron chi connectivity index (χ3n) is 3.63. The highest BCUT2D eigenvalue weighted by Crippen LogP contribution is 2.24. The van der Waals surface area contributed by atoms with Gasteiger partial charge in [-0.1, -0.05) is 0 Å². The molecule has 0 saturated carbocycles. The Morgan fingerprint density at radius 2 is 2.00 bits per heavy atom. The van der Waals surface area contributed by atoms with Crippen molar-refractivity contribution < 1.29 is 0 Å². The molecule has 0 amide bonds. The van der Waals surface area contributed by atoms with Crippen molar-refractivity contribution in [1.82, 2.24) is 9.56 Å². The lowest BCUT2D eigenvalue weighted by molar-refractivity contribution is 0.805. The van der Waals surface area contributed by atoms with Gasteiger partial charge in [-0.3, -0.25) is 4.79 Å². The SMILES string of the molecule is CNc1cc(C)c2[nH]c3ccc(=[N+](C)C)c(=O)c=3sc2c1. The largest absolute Gasteiger partial charge is 0.388 e. The molecule has 0 aromatic heterocycles. The van der Waals surface area contributed by atoms with Crippen LogP contribution >= 0.6 is 11.3 Å². The molecule has 0 saturated heterocycles. The smallest absolute Gasteiger partial charge is 0.268 e. The molecule has 1 aliphatic carbocycles. The van der Waals surface area contributed by atoms with Gasteiger partial charge < -0.3 is 10.3 Å². The van der Waals surface area contributed by atoms with Gasteiger partial charge in [-0.25, -0.2) is 4.58 Å². The molecule has 0 fully saturated rings. The third-order valence-corrected chi connectivity index (χ3v) is 4.78. The van der Waals surface area contributed by atoms with Crippen molar-refractivity contribution in [2.24, 2.45) is 0 Å². The summed E-state index contributed by atoms with van der Waals surface area (Å²) in [5, 5.41) is 4.77. The minimum Gasteiger partial charge on any atom is -0.388 e. The third kappa shape index (κ3) is 2.23. The highest BCUT2D eigenvalue weighted by atomic mass is 32.1. The number of hydrogen-bond acceptors (Lipinski definition) is 3. The first-order valence-electron chi connectivity index (χ1n) is 6.80. The second kappa shape index (κ2) is 5.00. The van der Waals surface area contributed by atoms with Crippen LogP contribution in [0.5, 0.6) is 0 Å². The standard InChI is InChI=1S/C16H17N3OS/c1-9-7-10(17-2)8-13-14(9)18-11-5-6-12(19(3)4)15(20)16(11)21-13/h5-8,20H,1-4H3/p+1. The van der Waals surface area contributed by atoms with Gasteiger partial charge in [0.05, 0.1) is 15.6 Å². The number of H-pyrrole nitrogens is 1. The average Bonchev–Trinajstić information content (AvgIpc) is 2.46. The van der Waals surface area contributed by atoms with Crippen LogP contribution < -0.4 is 20.7 Å². The Kier molecular flexibility index (Phi) is 3.29. The number of aromatic nitrogens is 1. The summed E-state index contributed by atoms with van der Waals surface area (Å²) in [4.78, 5) is 16.0. The summed E-state index contributed by atoms with van der Waals surface area (Å²) in [5.41, 5.74) is 3.39. The van der Waals surface area contributed by atoms with Crippen LogP contribution in [0.2, 0.25) is 0 Å². The summed E-state index contributed by atoms with van der Waals surface area (Å²) < 4.78 is 3.70. The van der Waals surface area contributed by atoms with E-state index in [4.69, 9.17) is 0 Å². The summed E-state index contributed by atoms with van der Waals surface area (Å²) in [6.07, 6.45) is 0. The molecule has 0 spiro atoms. The van der Waals surface area contributed by atoms with Gasteiger partial charge in [-0.2, -0.15) is 0 Å². The minimum atomic E-state index is 0.0770. The van der Waals surface area contributed by atoms with Crippen molar-refractivity contribution in [2.75, 3.05) is 26.5 Å². The number of nitrogens with zero attached hydrogens (tertiary/aromatic N) is 1. The van der Waals surface area contributed by atoms with Gasteiger partial charge in [0.2, 0.25) is 5.36 Å². The molecule has 1 aliphatic heterocycles. The van der Waals surface area contributed by atoms with Crippen LogP contribution in [-0.4, -0.2) is 26.1 Å². The van der Waals surface area contributed by atoms with E-state index < -0.39 is 0 Å². The van der Waals surface area contributed by atoms with E-state index in [9.17, 15) is 4.79 Å². The molecule has 21 heavy (non-hydrogen) atoms. The van der Waals surface area contributed by atoms with Gasteiger partial charge in [0.15, 0.2) is 0 Å². The Hall–Kier alpha value is -2.14. The fourth-order valence-electron chi connectivity index (χ4n) is 2.49. The van der Waals surface area contributed by atoms with E-state index in [0.717, 1.165) is 25.8 Å². The summed E-state index contributed by atoms with van der Waals surface area (Å²) >= 11 is 1.54. The zero-order valence-electron chi connectivity index (χ0n) is 12.6. The van der Waals surface area contributed by atoms with Crippen LogP contribution in [0.25, 0.3) is 10.2 Å². The number of fused-ring (bicyclic) bond motifs is 1. The van der Waals surface area contributed by atoms with Crippen molar-refractivity contribution in [3.63, 3.8) is 0 Å². The Bertz CT molecular complexity index is 1030. The molecule has 108 valence electrons. The van der Waals surface area contributed by atoms with Crippen LogP contribution in [0, 0.1) is 16.8 Å². The lowest BCUT2D eigenvalue weighted by atomic mass is 10.2. The maximum Gasteiger partial charge on any atom is 0.268 e. The Balaban J connectivity index is 2.56. The number of aryl methyl sites for hydroxylation is 1. The summed E-state index contributed by atoms with van der Waals surface area (Å²) in [5.74, 6) is 0. The lowest BCUT2D eigenvalue weighted by Crippen LogP contribution is -2.35. The number of rotatable bonds is 1. The van der Waals surface area contributed by atoms with E-state index in [2.05, 4.69) is 29.4 Å². The van der Waals surface area contributed by atoms with E-state index in [1.165, 1.54) is 5.56 Å². The van der Waals surface area contributed by atoms with E-state index >= 15 is 0 Å². The molecule has 1 heterocycles. The number of anilines is 1. The van der Waals surface area contributed by atoms with Crippen molar-refractivity contribution in [1.29, 1.82) is 0 Å². The van der Waals surface area contributed by atoms with Gasteiger partial charge in [0.1, 0.15) is 18.6 Å². The molecule has 0 atom stereocenters. The van der Waals surface area contributed by atoms with Crippen molar-refractivity contribution >= 4 is 27.2 Å². The normalized spacial score (nSPS) is 11.0. The summed E-state index contributed by atoms with van der Waals surface area (Å²) in [6.45, 7) is 2.07. The monoisotopic (exact) mass is 300 g/mol. The molecule has 2 N–H and O–H groups in total. The van der Waals surface area contributed by atoms with Crippen LogP contribution in [0.1, 0.15) is 5.56 Å². The van der Waals surface area contributed by atoms with Crippen LogP contribution in [0.4, 0.5) is 5.69 Å². The van der Waals surface area contributed by atoms with E-state index in [0.29, 0.717) is 5.36 Å². The van der Waals surface area contributed by atoms with Crippen LogP contribution in [0.15, 0.2) is 29.1 Å². The van der Waals surface area contributed by atoms with Gasteiger partial charge in [-0.05, 0) is 30.7 Å². The molecular formula is C16H18N3OS+. The molecular weight excluding hydrogens is 282 g/mol. The first kappa shape index (κ1) is 13.8. The maximum atomic E-state index is 12.6. The molecule has 0 bridgehead atoms. The van der Waals surface area contributed by atoms with Crippen LogP contribution in [0.3, 0.4) is 0 Å². The van der Waals surface area contributed by atoms with Gasteiger partial charge >= 0.3 is 0 Å². The lowest BCUT2D eigenvalue weighted by Gasteiger charge is -2.07. The fraction of sp³-hybridized carbons (Fsp3) is 0.250. The molecule has 3 rings (SSSR count). The Morgan fingerprint density at radius 1 is 1.24 bits per heavy atom. The predicted octanol–water partition coefficient (Wildman–Crippen LogP) is 1.70. The summed E-state index contributed by atoms with van der Waals surface area (Å²) in [7, 11) is 5.68. The molecule has 5 heteroatoms. The van der Waals surface area contributed by atoms with E-state index in [-0.39, 0.29) is 5.43 Å². The van der Waals surface area contributed by atoms with E-state index in [1.54, 1.807) is 11.3 Å². The van der Waals surface area contributed by atoms with E-state index in [1.807, 2.05) is 37.9 Å².